The van der Waals surface area contributed by atoms with Gasteiger partial charge in [-0.2, -0.15) is 23.3 Å². The third-order valence-corrected chi connectivity index (χ3v) is 5.52. The topological polar surface area (TPSA) is 82.6 Å². The summed E-state index contributed by atoms with van der Waals surface area (Å²) in [5.41, 5.74) is 1.89. The number of hydrogen-bond donors (Lipinski definition) is 2. The zero-order valence-corrected chi connectivity index (χ0v) is 17.5. The van der Waals surface area contributed by atoms with Crippen molar-refractivity contribution in [1.82, 2.24) is 30.0 Å². The summed E-state index contributed by atoms with van der Waals surface area (Å²) in [6.45, 7) is 2.00. The second-order valence-electron chi connectivity index (χ2n) is 7.77. The van der Waals surface area contributed by atoms with Crippen molar-refractivity contribution < 1.29 is 13.2 Å². The van der Waals surface area contributed by atoms with Crippen LogP contribution in [-0.2, 0) is 25.7 Å². The number of halogens is 3. The molecule has 1 aliphatic rings. The standard InChI is InChI=1S/C23H20F3N7/c24-23(25,26)18-9-5-4-8-16(18)20-29-19-13-33(12-15-6-2-1-3-7-15)11-10-17(19)21(30-20)31-22-27-14-28-32-22/h1-9,14H,10-13H2,(H2,27,28,29,30,31,32). The van der Waals surface area contributed by atoms with Crippen LogP contribution in [0.15, 0.2) is 60.9 Å². The molecule has 33 heavy (non-hydrogen) atoms. The fourth-order valence-electron chi connectivity index (χ4n) is 3.99. The summed E-state index contributed by atoms with van der Waals surface area (Å²) < 4.78 is 41.0. The van der Waals surface area contributed by atoms with E-state index in [1.807, 2.05) is 18.2 Å². The molecule has 1 aliphatic heterocycles. The Hall–Kier alpha value is -3.79. The summed E-state index contributed by atoms with van der Waals surface area (Å²) >= 11 is 0. The Labute approximate surface area is 187 Å². The van der Waals surface area contributed by atoms with Crippen LogP contribution < -0.4 is 5.32 Å². The number of aromatic nitrogens is 5. The van der Waals surface area contributed by atoms with Gasteiger partial charge in [-0.15, -0.1) is 0 Å². The molecule has 7 nitrogen and oxygen atoms in total. The molecule has 0 radical (unpaired) electrons. The van der Waals surface area contributed by atoms with Gasteiger partial charge in [0.2, 0.25) is 5.95 Å². The first-order valence-corrected chi connectivity index (χ1v) is 10.4. The molecule has 0 spiro atoms. The Morgan fingerprint density at radius 2 is 1.79 bits per heavy atom. The third kappa shape index (κ3) is 4.56. The Kier molecular flexibility index (Phi) is 5.51. The van der Waals surface area contributed by atoms with Crippen LogP contribution in [0.25, 0.3) is 11.4 Å². The minimum absolute atomic E-state index is 0.0188. The highest BCUT2D eigenvalue weighted by atomic mass is 19.4. The van der Waals surface area contributed by atoms with Gasteiger partial charge in [0.1, 0.15) is 12.1 Å². The molecule has 5 rings (SSSR count). The van der Waals surface area contributed by atoms with Crippen molar-refractivity contribution in [3.8, 4) is 11.4 Å². The van der Waals surface area contributed by atoms with Crippen molar-refractivity contribution in [3.63, 3.8) is 0 Å². The molecule has 3 heterocycles. The van der Waals surface area contributed by atoms with E-state index in [0.29, 0.717) is 30.4 Å². The van der Waals surface area contributed by atoms with E-state index in [9.17, 15) is 13.2 Å². The molecule has 0 saturated carbocycles. The SMILES string of the molecule is FC(F)(F)c1ccccc1-c1nc2c(c(Nc3ncn[nH]3)n1)CCN(Cc1ccccc1)C2. The van der Waals surface area contributed by atoms with Crippen LogP contribution in [-0.4, -0.2) is 36.6 Å². The number of benzene rings is 2. The van der Waals surface area contributed by atoms with Crippen LogP contribution in [0.3, 0.4) is 0 Å². The van der Waals surface area contributed by atoms with E-state index >= 15 is 0 Å². The lowest BCUT2D eigenvalue weighted by molar-refractivity contribution is -0.137. The highest BCUT2D eigenvalue weighted by Gasteiger charge is 2.34. The lowest BCUT2D eigenvalue weighted by atomic mass is 10.0. The maximum absolute atomic E-state index is 13.7. The van der Waals surface area contributed by atoms with Crippen molar-refractivity contribution in [3.05, 3.63) is 83.3 Å². The van der Waals surface area contributed by atoms with Gasteiger partial charge in [-0.3, -0.25) is 4.90 Å². The molecular weight excluding hydrogens is 431 g/mol. The fourth-order valence-corrected chi connectivity index (χ4v) is 3.99. The Bertz CT molecular complexity index is 1240. The summed E-state index contributed by atoms with van der Waals surface area (Å²) in [4.78, 5) is 15.4. The van der Waals surface area contributed by atoms with E-state index < -0.39 is 11.7 Å². The number of rotatable bonds is 5. The van der Waals surface area contributed by atoms with Gasteiger partial charge in [-0.1, -0.05) is 48.5 Å². The molecule has 168 valence electrons. The highest BCUT2D eigenvalue weighted by Crippen LogP contribution is 2.37. The monoisotopic (exact) mass is 451 g/mol. The zero-order chi connectivity index (χ0) is 22.8. The first-order valence-electron chi connectivity index (χ1n) is 10.4. The van der Waals surface area contributed by atoms with Crippen molar-refractivity contribution >= 4 is 11.8 Å². The zero-order valence-electron chi connectivity index (χ0n) is 17.5. The second kappa shape index (κ2) is 8.62. The summed E-state index contributed by atoms with van der Waals surface area (Å²) in [7, 11) is 0. The number of alkyl halides is 3. The molecule has 0 fully saturated rings. The van der Waals surface area contributed by atoms with Gasteiger partial charge in [0.25, 0.3) is 0 Å². The number of nitrogens with one attached hydrogen (secondary N) is 2. The van der Waals surface area contributed by atoms with E-state index in [4.69, 9.17) is 0 Å². The average molecular weight is 451 g/mol. The molecule has 10 heteroatoms. The van der Waals surface area contributed by atoms with Gasteiger partial charge in [-0.05, 0) is 18.1 Å². The molecule has 0 aliphatic carbocycles. The summed E-state index contributed by atoms with van der Waals surface area (Å²) in [6.07, 6.45) is -2.52. The molecule has 0 bridgehead atoms. The van der Waals surface area contributed by atoms with Gasteiger partial charge >= 0.3 is 6.18 Å². The molecule has 4 aromatic rings. The quantitative estimate of drug-likeness (QED) is 0.462. The highest BCUT2D eigenvalue weighted by molar-refractivity contribution is 5.66. The Morgan fingerprint density at radius 1 is 1.00 bits per heavy atom. The maximum atomic E-state index is 13.7. The van der Waals surface area contributed by atoms with Crippen LogP contribution >= 0.6 is 0 Å². The summed E-state index contributed by atoms with van der Waals surface area (Å²) in [5.74, 6) is 0.811. The first kappa shape index (κ1) is 21.1. The van der Waals surface area contributed by atoms with Crippen molar-refractivity contribution in [2.24, 2.45) is 0 Å². The van der Waals surface area contributed by atoms with Crippen LogP contribution in [0.4, 0.5) is 24.9 Å². The van der Waals surface area contributed by atoms with E-state index in [-0.39, 0.29) is 11.4 Å². The average Bonchev–Trinajstić information content (AvgIpc) is 3.32. The predicted octanol–water partition coefficient (Wildman–Crippen LogP) is 4.58. The molecule has 2 aromatic carbocycles. The van der Waals surface area contributed by atoms with Crippen molar-refractivity contribution in [2.45, 2.75) is 25.7 Å². The van der Waals surface area contributed by atoms with E-state index in [2.05, 4.69) is 47.5 Å². The summed E-state index contributed by atoms with van der Waals surface area (Å²) in [5, 5.41) is 9.59. The number of H-pyrrole nitrogens is 1. The number of anilines is 2. The number of fused-ring (bicyclic) bond motifs is 1. The molecule has 2 N–H and O–H groups in total. The van der Waals surface area contributed by atoms with Crippen LogP contribution in [0.1, 0.15) is 22.4 Å². The smallest absolute Gasteiger partial charge is 0.309 e. The molecule has 0 unspecified atom stereocenters. The third-order valence-electron chi connectivity index (χ3n) is 5.52. The van der Waals surface area contributed by atoms with Crippen molar-refractivity contribution in [1.29, 1.82) is 0 Å². The minimum atomic E-state index is -4.52. The normalized spacial score (nSPS) is 14.2. The molecule has 0 saturated heterocycles. The summed E-state index contributed by atoms with van der Waals surface area (Å²) in [6, 6.07) is 15.4. The van der Waals surface area contributed by atoms with E-state index in [0.717, 1.165) is 30.3 Å². The minimum Gasteiger partial charge on any atom is -0.309 e. The number of aromatic amines is 1. The lowest BCUT2D eigenvalue weighted by Crippen LogP contribution is -2.31. The van der Waals surface area contributed by atoms with Crippen LogP contribution in [0.2, 0.25) is 0 Å². The molecule has 0 atom stereocenters. The fraction of sp³-hybridized carbons (Fsp3) is 0.217. The van der Waals surface area contributed by atoms with Gasteiger partial charge < -0.3 is 5.32 Å². The Balaban J connectivity index is 1.56. The maximum Gasteiger partial charge on any atom is 0.417 e. The van der Waals surface area contributed by atoms with E-state index in [1.165, 1.54) is 18.5 Å². The second-order valence-corrected chi connectivity index (χ2v) is 7.77. The van der Waals surface area contributed by atoms with Crippen molar-refractivity contribution in [2.75, 3.05) is 11.9 Å². The van der Waals surface area contributed by atoms with Gasteiger partial charge in [0, 0.05) is 30.8 Å². The molecule has 2 aromatic heterocycles. The first-order chi connectivity index (χ1) is 16.0. The molecule has 0 amide bonds. The van der Waals surface area contributed by atoms with E-state index in [1.54, 1.807) is 6.07 Å². The largest absolute Gasteiger partial charge is 0.417 e. The van der Waals surface area contributed by atoms with Crippen LogP contribution in [0.5, 0.6) is 0 Å². The number of nitrogens with zero attached hydrogens (tertiary/aromatic N) is 5. The predicted molar refractivity (Wildman–Crippen MR) is 116 cm³/mol. The van der Waals surface area contributed by atoms with Crippen LogP contribution in [0, 0.1) is 0 Å². The molecular formula is C23H20F3N7. The number of hydrogen-bond acceptors (Lipinski definition) is 6. The van der Waals surface area contributed by atoms with Gasteiger partial charge in [-0.25, -0.2) is 15.1 Å². The Morgan fingerprint density at radius 3 is 2.55 bits per heavy atom. The lowest BCUT2D eigenvalue weighted by Gasteiger charge is -2.29. The van der Waals surface area contributed by atoms with Gasteiger partial charge in [0.15, 0.2) is 5.82 Å². The van der Waals surface area contributed by atoms with Gasteiger partial charge in [0.05, 0.1) is 11.3 Å².